The van der Waals surface area contributed by atoms with E-state index in [0.29, 0.717) is 19.3 Å². The number of esters is 2. The minimum atomic E-state index is -0.873. The second-order valence-corrected chi connectivity index (χ2v) is 18.8. The van der Waals surface area contributed by atoms with Crippen LogP contribution in [0.2, 0.25) is 0 Å². The number of carbonyl (C=O) groups excluding carboxylic acids is 2. The minimum Gasteiger partial charge on any atom is -0.477 e. The maximum absolute atomic E-state index is 12.7. The maximum atomic E-state index is 12.7. The predicted molar refractivity (Wildman–Crippen MR) is 252 cm³/mol. The van der Waals surface area contributed by atoms with Crippen LogP contribution in [0.1, 0.15) is 251 Å². The first-order valence-electron chi connectivity index (χ1n) is 25.7. The van der Waals surface area contributed by atoms with Crippen LogP contribution < -0.4 is 0 Å². The van der Waals surface area contributed by atoms with Crippen LogP contribution in [-0.4, -0.2) is 80.6 Å². The molecule has 0 radical (unpaired) electrons. The Morgan fingerprint density at radius 2 is 0.833 bits per heavy atom. The number of ether oxygens (including phenoxy) is 3. The molecule has 0 aromatic rings. The fraction of sp³-hybridized carbons (Fsp3) is 0.904. The Balaban J connectivity index is 4.17. The van der Waals surface area contributed by atoms with Crippen molar-refractivity contribution in [1.29, 1.82) is 0 Å². The summed E-state index contributed by atoms with van der Waals surface area (Å²) in [6.45, 7) is 4.76. The number of rotatable bonds is 47. The van der Waals surface area contributed by atoms with Crippen LogP contribution >= 0.6 is 0 Å². The van der Waals surface area contributed by atoms with E-state index in [1.54, 1.807) is 0 Å². The average molecular weight is 851 g/mol. The highest BCUT2D eigenvalue weighted by atomic mass is 16.6. The van der Waals surface area contributed by atoms with Gasteiger partial charge in [-0.05, 0) is 38.5 Å². The number of aliphatic carboxylic acids is 1. The third-order valence-corrected chi connectivity index (χ3v) is 11.9. The van der Waals surface area contributed by atoms with Gasteiger partial charge in [0.05, 0.1) is 34.4 Å². The number of hydrogen-bond acceptors (Lipinski definition) is 6. The highest BCUT2D eigenvalue weighted by molar-refractivity contribution is 5.72. The molecule has 8 heteroatoms. The van der Waals surface area contributed by atoms with Crippen molar-refractivity contribution >= 4 is 17.9 Å². The van der Waals surface area contributed by atoms with E-state index in [1.165, 1.54) is 167 Å². The number of carboxylic acid groups (broad SMARTS) is 1. The van der Waals surface area contributed by atoms with Crippen molar-refractivity contribution < 1.29 is 38.2 Å². The van der Waals surface area contributed by atoms with Gasteiger partial charge in [-0.15, -0.1) is 0 Å². The molecule has 0 aliphatic rings. The first-order valence-corrected chi connectivity index (χ1v) is 25.7. The quantitative estimate of drug-likeness (QED) is 0.0282. The van der Waals surface area contributed by atoms with Gasteiger partial charge in [0.2, 0.25) is 0 Å². The van der Waals surface area contributed by atoms with Crippen LogP contribution in [0.5, 0.6) is 0 Å². The van der Waals surface area contributed by atoms with Gasteiger partial charge in [-0.1, -0.05) is 206 Å². The number of allylic oxidation sites excluding steroid dienone is 2. The Morgan fingerprint density at radius 1 is 0.483 bits per heavy atom. The van der Waals surface area contributed by atoms with Crippen LogP contribution in [-0.2, 0) is 28.6 Å². The second kappa shape index (κ2) is 43.7. The lowest BCUT2D eigenvalue weighted by Crippen LogP contribution is -2.50. The minimum absolute atomic E-state index is 0.0505. The van der Waals surface area contributed by atoms with Crippen LogP contribution in [0.3, 0.4) is 0 Å². The molecule has 0 rings (SSSR count). The van der Waals surface area contributed by atoms with Gasteiger partial charge in [-0.3, -0.25) is 9.59 Å². The molecule has 2 unspecified atom stereocenters. The highest BCUT2D eigenvalue weighted by Crippen LogP contribution is 2.17. The number of quaternary nitrogens is 1. The predicted octanol–water partition coefficient (Wildman–Crippen LogP) is 14.6. The number of hydrogen-bond donors (Lipinski definition) is 1. The molecule has 0 saturated heterocycles. The molecule has 1 N–H and O–H groups in total. The molecule has 0 aromatic heterocycles. The van der Waals surface area contributed by atoms with E-state index in [-0.39, 0.29) is 36.2 Å². The Hall–Kier alpha value is -1.93. The van der Waals surface area contributed by atoms with Crippen molar-refractivity contribution in [3.05, 3.63) is 12.2 Å². The van der Waals surface area contributed by atoms with Crippen LogP contribution in [0.15, 0.2) is 12.2 Å². The van der Waals surface area contributed by atoms with Crippen LogP contribution in [0.25, 0.3) is 0 Å². The molecule has 0 spiro atoms. The van der Waals surface area contributed by atoms with E-state index in [0.717, 1.165) is 51.4 Å². The summed E-state index contributed by atoms with van der Waals surface area (Å²) in [5.74, 6) is -1.47. The van der Waals surface area contributed by atoms with Crippen LogP contribution in [0.4, 0.5) is 0 Å². The molecule has 354 valence electrons. The molecule has 0 heterocycles. The van der Waals surface area contributed by atoms with E-state index in [1.807, 2.05) is 21.1 Å². The summed E-state index contributed by atoms with van der Waals surface area (Å²) in [5, 5.41) is 9.64. The van der Waals surface area contributed by atoms with Gasteiger partial charge in [-0.2, -0.15) is 0 Å². The van der Waals surface area contributed by atoms with Gasteiger partial charge in [0.15, 0.2) is 12.1 Å². The van der Waals surface area contributed by atoms with E-state index >= 15 is 0 Å². The maximum Gasteiger partial charge on any atom is 0.362 e. The number of likely N-dealkylation sites (N-methyl/N-ethyl adjacent to an activating group) is 1. The van der Waals surface area contributed by atoms with Gasteiger partial charge >= 0.3 is 17.9 Å². The molecule has 2 atom stereocenters. The van der Waals surface area contributed by atoms with Gasteiger partial charge in [0.25, 0.3) is 0 Å². The molecule has 0 aromatic carbocycles. The Morgan fingerprint density at radius 3 is 1.22 bits per heavy atom. The first-order chi connectivity index (χ1) is 29.1. The van der Waals surface area contributed by atoms with Crippen molar-refractivity contribution in [2.24, 2.45) is 0 Å². The van der Waals surface area contributed by atoms with Gasteiger partial charge < -0.3 is 23.8 Å². The first kappa shape index (κ1) is 58.1. The summed E-state index contributed by atoms with van der Waals surface area (Å²) in [4.78, 5) is 37.1. The molecular weight excluding hydrogens is 751 g/mol. The topological polar surface area (TPSA) is 99.1 Å². The molecule has 0 amide bonds. The molecule has 60 heavy (non-hydrogen) atoms. The number of unbranched alkanes of at least 4 members (excludes halogenated alkanes) is 31. The standard InChI is InChI=1S/C52H99NO7/c1-6-8-10-12-14-16-18-20-22-23-24-25-26-27-28-29-31-32-34-36-38-40-42-50(54)59-47-48(46-58-45-44-49(52(56)57)53(3,4)5)60-51(55)43-41-39-37-35-33-30-21-19-17-15-13-11-9-7-2/h30,33,48-49H,6-29,31-32,34-47H2,1-5H3/p+1/b33-30+. The number of carbonyl (C=O) groups is 3. The van der Waals surface area contributed by atoms with Crippen molar-refractivity contribution in [1.82, 2.24) is 0 Å². The average Bonchev–Trinajstić information content (AvgIpc) is 3.21. The van der Waals surface area contributed by atoms with Crippen molar-refractivity contribution in [3.8, 4) is 0 Å². The molecule has 0 bridgehead atoms. The smallest absolute Gasteiger partial charge is 0.362 e. The second-order valence-electron chi connectivity index (χ2n) is 18.8. The van der Waals surface area contributed by atoms with Crippen LogP contribution in [0, 0.1) is 0 Å². The summed E-state index contributed by atoms with van der Waals surface area (Å²) in [7, 11) is 5.54. The summed E-state index contributed by atoms with van der Waals surface area (Å²) in [6, 6.07) is -0.613. The zero-order valence-electron chi connectivity index (χ0n) is 40.4. The molecular formula is C52H100NO7+. The molecule has 8 nitrogen and oxygen atoms in total. The van der Waals surface area contributed by atoms with Gasteiger partial charge in [-0.25, -0.2) is 4.79 Å². The molecule has 0 aliphatic heterocycles. The molecule has 0 saturated carbocycles. The summed E-state index contributed by atoms with van der Waals surface area (Å²) in [5.41, 5.74) is 0. The highest BCUT2D eigenvalue weighted by Gasteiger charge is 2.31. The zero-order chi connectivity index (χ0) is 44.2. The Labute approximate surface area is 371 Å². The Bertz CT molecular complexity index is 993. The van der Waals surface area contributed by atoms with Crippen molar-refractivity contribution in [2.75, 3.05) is 41.0 Å². The SMILES string of the molecule is CCCCCCCCC/C=C/CCCCCC(=O)OC(COCCC(C(=O)O)[N+](C)(C)C)COC(=O)CCCCCCCCCCCCCCCCCCCCCCCC. The lowest BCUT2D eigenvalue weighted by Gasteiger charge is -2.31. The summed E-state index contributed by atoms with van der Waals surface area (Å²) >= 11 is 0. The fourth-order valence-electron chi connectivity index (χ4n) is 7.91. The van der Waals surface area contributed by atoms with E-state index in [4.69, 9.17) is 14.2 Å². The van der Waals surface area contributed by atoms with Crippen molar-refractivity contribution in [3.63, 3.8) is 0 Å². The van der Waals surface area contributed by atoms with E-state index < -0.39 is 18.1 Å². The van der Waals surface area contributed by atoms with E-state index in [2.05, 4.69) is 26.0 Å². The number of nitrogens with zero attached hydrogens (tertiary/aromatic N) is 1. The summed E-state index contributed by atoms with van der Waals surface area (Å²) in [6.07, 6.45) is 48.4. The third-order valence-electron chi connectivity index (χ3n) is 11.9. The lowest BCUT2D eigenvalue weighted by atomic mass is 10.0. The summed E-state index contributed by atoms with van der Waals surface area (Å²) < 4.78 is 17.3. The largest absolute Gasteiger partial charge is 0.477 e. The Kier molecular flexibility index (Phi) is 42.3. The van der Waals surface area contributed by atoms with Gasteiger partial charge in [0.1, 0.15) is 6.61 Å². The van der Waals surface area contributed by atoms with E-state index in [9.17, 15) is 19.5 Å². The molecule has 0 aliphatic carbocycles. The normalized spacial score (nSPS) is 12.9. The zero-order valence-corrected chi connectivity index (χ0v) is 40.4. The van der Waals surface area contributed by atoms with Gasteiger partial charge in [0, 0.05) is 19.3 Å². The molecule has 0 fully saturated rings. The lowest BCUT2D eigenvalue weighted by molar-refractivity contribution is -0.887. The monoisotopic (exact) mass is 851 g/mol. The fourth-order valence-corrected chi connectivity index (χ4v) is 7.91. The third kappa shape index (κ3) is 41.4. The number of carboxylic acids is 1. The van der Waals surface area contributed by atoms with Crippen molar-refractivity contribution in [2.45, 2.75) is 264 Å².